The summed E-state index contributed by atoms with van der Waals surface area (Å²) >= 11 is 12.1. The smallest absolute Gasteiger partial charge is 0.0830 e. The monoisotopic (exact) mass is 227 g/mol. The van der Waals surface area contributed by atoms with E-state index in [1.165, 1.54) is 0 Å². The van der Waals surface area contributed by atoms with Crippen molar-refractivity contribution in [3.63, 3.8) is 0 Å². The average Bonchev–Trinajstić information content (AvgIpc) is 2.11. The Morgan fingerprint density at radius 2 is 1.93 bits per heavy atom. The maximum Gasteiger partial charge on any atom is 0.0830 e. The van der Waals surface area contributed by atoms with Gasteiger partial charge in [-0.05, 0) is 25.5 Å². The van der Waals surface area contributed by atoms with Gasteiger partial charge >= 0.3 is 0 Å². The molecule has 1 aliphatic rings. The van der Waals surface area contributed by atoms with Gasteiger partial charge in [0.1, 0.15) is 0 Å². The molecule has 0 saturated carbocycles. The van der Waals surface area contributed by atoms with Gasteiger partial charge in [0, 0.05) is 0 Å². The van der Waals surface area contributed by atoms with E-state index in [1.54, 1.807) is 0 Å². The molecule has 0 aliphatic carbocycles. The van der Waals surface area contributed by atoms with Crippen LogP contribution in [-0.2, 0) is 0 Å². The minimum absolute atomic E-state index is 0.0681. The third-order valence-electron chi connectivity index (χ3n) is 2.25. The van der Waals surface area contributed by atoms with Crippen molar-refractivity contribution < 1.29 is 0 Å². The fraction of sp³-hybridized carbons (Fsp3) is 0.273. The van der Waals surface area contributed by atoms with Gasteiger partial charge in [0.25, 0.3) is 0 Å². The first-order valence-electron chi connectivity index (χ1n) is 4.45. The number of benzene rings is 1. The second kappa shape index (κ2) is 3.18. The Morgan fingerprint density at radius 1 is 1.21 bits per heavy atom. The number of anilines is 1. The van der Waals surface area contributed by atoms with Gasteiger partial charge in [-0.15, -0.1) is 0 Å². The molecule has 14 heavy (non-hydrogen) atoms. The van der Waals surface area contributed by atoms with Crippen LogP contribution in [0.4, 0.5) is 5.69 Å². The number of nitrogens with one attached hydrogen (secondary N) is 1. The molecule has 1 heterocycles. The summed E-state index contributed by atoms with van der Waals surface area (Å²) in [6.07, 6.45) is 4.17. The van der Waals surface area contributed by atoms with Crippen LogP contribution in [0.5, 0.6) is 0 Å². The largest absolute Gasteiger partial charge is 0.375 e. The lowest BCUT2D eigenvalue weighted by molar-refractivity contribution is 0.711. The zero-order valence-corrected chi connectivity index (χ0v) is 9.58. The number of rotatable bonds is 0. The second-order valence-corrected chi connectivity index (χ2v) is 4.79. The molecule has 0 unspecified atom stereocenters. The van der Waals surface area contributed by atoms with Crippen molar-refractivity contribution in [2.45, 2.75) is 19.4 Å². The lowest BCUT2D eigenvalue weighted by atomic mass is 9.97. The Labute approximate surface area is 93.7 Å². The summed E-state index contributed by atoms with van der Waals surface area (Å²) in [6.45, 7) is 4.17. The first-order valence-corrected chi connectivity index (χ1v) is 5.21. The maximum atomic E-state index is 6.11. The van der Waals surface area contributed by atoms with Crippen molar-refractivity contribution in [2.75, 3.05) is 5.32 Å². The van der Waals surface area contributed by atoms with Crippen LogP contribution in [0.15, 0.2) is 18.2 Å². The highest BCUT2D eigenvalue weighted by atomic mass is 35.5. The second-order valence-electron chi connectivity index (χ2n) is 4.01. The fourth-order valence-electron chi connectivity index (χ4n) is 1.49. The molecular formula is C11H11Cl2N. The molecule has 0 atom stereocenters. The summed E-state index contributed by atoms with van der Waals surface area (Å²) in [6, 6.07) is 3.77. The van der Waals surface area contributed by atoms with Crippen LogP contribution in [0.2, 0.25) is 10.0 Å². The van der Waals surface area contributed by atoms with Crippen LogP contribution in [0.1, 0.15) is 19.4 Å². The van der Waals surface area contributed by atoms with Crippen LogP contribution in [0.25, 0.3) is 6.08 Å². The Morgan fingerprint density at radius 3 is 2.64 bits per heavy atom. The van der Waals surface area contributed by atoms with E-state index >= 15 is 0 Å². The van der Waals surface area contributed by atoms with Crippen molar-refractivity contribution in [3.05, 3.63) is 33.8 Å². The predicted molar refractivity (Wildman–Crippen MR) is 63.2 cm³/mol. The summed E-state index contributed by atoms with van der Waals surface area (Å²) in [7, 11) is 0. The van der Waals surface area contributed by atoms with Gasteiger partial charge < -0.3 is 5.32 Å². The summed E-state index contributed by atoms with van der Waals surface area (Å²) in [5.74, 6) is 0. The van der Waals surface area contributed by atoms with Crippen molar-refractivity contribution in [1.82, 2.24) is 0 Å². The van der Waals surface area contributed by atoms with E-state index < -0.39 is 0 Å². The third-order valence-corrected chi connectivity index (χ3v) is 3.06. The SMILES string of the molecule is CC1(C)C=Cc2ccc(Cl)c(Cl)c2N1. The van der Waals surface area contributed by atoms with E-state index in [1.807, 2.05) is 12.1 Å². The molecule has 1 aromatic carbocycles. The van der Waals surface area contributed by atoms with Crippen LogP contribution < -0.4 is 5.32 Å². The van der Waals surface area contributed by atoms with Crippen molar-refractivity contribution in [2.24, 2.45) is 0 Å². The van der Waals surface area contributed by atoms with E-state index in [4.69, 9.17) is 23.2 Å². The van der Waals surface area contributed by atoms with E-state index in [0.29, 0.717) is 10.0 Å². The molecule has 0 aromatic heterocycles. The molecule has 1 N–H and O–H groups in total. The number of hydrogen-bond acceptors (Lipinski definition) is 1. The molecule has 0 radical (unpaired) electrons. The Balaban J connectivity index is 2.58. The quantitative estimate of drug-likeness (QED) is 0.701. The van der Waals surface area contributed by atoms with Gasteiger partial charge in [-0.1, -0.05) is 41.4 Å². The minimum atomic E-state index is -0.0681. The van der Waals surface area contributed by atoms with Crippen LogP contribution >= 0.6 is 23.2 Å². The Kier molecular flexibility index (Phi) is 2.24. The van der Waals surface area contributed by atoms with Gasteiger partial charge in [-0.2, -0.15) is 0 Å². The molecule has 74 valence electrons. The van der Waals surface area contributed by atoms with E-state index in [0.717, 1.165) is 11.3 Å². The highest BCUT2D eigenvalue weighted by Gasteiger charge is 2.21. The Hall–Kier alpha value is -0.660. The summed E-state index contributed by atoms with van der Waals surface area (Å²) in [5, 5.41) is 4.53. The van der Waals surface area contributed by atoms with Crippen molar-refractivity contribution in [3.8, 4) is 0 Å². The molecule has 0 amide bonds. The fourth-order valence-corrected chi connectivity index (χ4v) is 1.87. The minimum Gasteiger partial charge on any atom is -0.375 e. The predicted octanol–water partition coefficient (Wildman–Crippen LogP) is 4.21. The summed E-state index contributed by atoms with van der Waals surface area (Å²) < 4.78 is 0. The van der Waals surface area contributed by atoms with Crippen LogP contribution in [0, 0.1) is 0 Å². The highest BCUT2D eigenvalue weighted by Crippen LogP contribution is 2.38. The molecule has 1 nitrogen and oxygen atoms in total. The average molecular weight is 228 g/mol. The van der Waals surface area contributed by atoms with Gasteiger partial charge in [-0.25, -0.2) is 0 Å². The lowest BCUT2D eigenvalue weighted by Gasteiger charge is -2.29. The van der Waals surface area contributed by atoms with Crippen LogP contribution in [0.3, 0.4) is 0 Å². The highest BCUT2D eigenvalue weighted by molar-refractivity contribution is 6.44. The molecular weight excluding hydrogens is 217 g/mol. The number of hydrogen-bond donors (Lipinski definition) is 1. The number of fused-ring (bicyclic) bond motifs is 1. The Bertz CT molecular complexity index is 408. The lowest BCUT2D eigenvalue weighted by Crippen LogP contribution is -2.30. The molecule has 3 heteroatoms. The topological polar surface area (TPSA) is 12.0 Å². The van der Waals surface area contributed by atoms with E-state index in [9.17, 15) is 0 Å². The molecule has 0 spiro atoms. The van der Waals surface area contributed by atoms with Gasteiger partial charge in [0.2, 0.25) is 0 Å². The van der Waals surface area contributed by atoms with Gasteiger partial charge in [0.15, 0.2) is 0 Å². The molecule has 1 aliphatic heterocycles. The van der Waals surface area contributed by atoms with Crippen molar-refractivity contribution in [1.29, 1.82) is 0 Å². The van der Waals surface area contributed by atoms with Gasteiger partial charge in [-0.3, -0.25) is 0 Å². The van der Waals surface area contributed by atoms with Crippen molar-refractivity contribution >= 4 is 35.0 Å². The van der Waals surface area contributed by atoms with E-state index in [-0.39, 0.29) is 5.54 Å². The first-order chi connectivity index (χ1) is 6.49. The normalized spacial score (nSPS) is 17.4. The molecule has 0 saturated heterocycles. The van der Waals surface area contributed by atoms with Gasteiger partial charge in [0.05, 0.1) is 21.3 Å². The zero-order chi connectivity index (χ0) is 10.3. The third kappa shape index (κ3) is 1.62. The first kappa shape index (κ1) is 9.88. The number of halogens is 2. The molecule has 0 bridgehead atoms. The summed E-state index contributed by atoms with van der Waals surface area (Å²) in [4.78, 5) is 0. The van der Waals surface area contributed by atoms with Crippen LogP contribution in [-0.4, -0.2) is 5.54 Å². The summed E-state index contributed by atoms with van der Waals surface area (Å²) in [5.41, 5.74) is 1.94. The molecule has 2 rings (SSSR count). The maximum absolute atomic E-state index is 6.11. The zero-order valence-electron chi connectivity index (χ0n) is 8.07. The standard InChI is InChI=1S/C11H11Cl2N/c1-11(2)6-5-7-3-4-8(12)9(13)10(7)14-11/h3-6,14H,1-2H3. The molecule has 1 aromatic rings. The molecule has 0 fully saturated rings. The van der Waals surface area contributed by atoms with E-state index in [2.05, 4.69) is 31.3 Å².